The number of aryl methyl sites for hydroxylation is 1. The fourth-order valence-electron chi connectivity index (χ4n) is 0.972. The van der Waals surface area contributed by atoms with Gasteiger partial charge in [0.25, 0.3) is 0 Å². The second-order valence-corrected chi connectivity index (χ2v) is 2.81. The van der Waals surface area contributed by atoms with Crippen molar-refractivity contribution in [2.24, 2.45) is 7.05 Å². The molecule has 0 aliphatic rings. The van der Waals surface area contributed by atoms with E-state index in [4.69, 9.17) is 0 Å². The van der Waals surface area contributed by atoms with E-state index < -0.39 is 0 Å². The van der Waals surface area contributed by atoms with Crippen LogP contribution in [0.15, 0.2) is 6.33 Å². The summed E-state index contributed by atoms with van der Waals surface area (Å²) < 4.78 is 1.85. The first-order chi connectivity index (χ1) is 6.24. The largest absolute Gasteiger partial charge is 0.356 e. The number of rotatable bonds is 4. The number of nitrogens with one attached hydrogen (secondary N) is 1. The van der Waals surface area contributed by atoms with Crippen LogP contribution >= 0.6 is 0 Å². The second-order valence-electron chi connectivity index (χ2n) is 2.81. The van der Waals surface area contributed by atoms with Gasteiger partial charge in [0.1, 0.15) is 12.2 Å². The number of carbonyl (C=O) groups is 1. The summed E-state index contributed by atoms with van der Waals surface area (Å²) in [6.07, 6.45) is 2.90. The van der Waals surface area contributed by atoms with Gasteiger partial charge in [-0.1, -0.05) is 6.92 Å². The predicted octanol–water partition coefficient (Wildman–Crippen LogP) is -0.116. The van der Waals surface area contributed by atoms with Crippen molar-refractivity contribution in [3.05, 3.63) is 12.2 Å². The molecule has 1 aromatic heterocycles. The van der Waals surface area contributed by atoms with Gasteiger partial charge in [-0.2, -0.15) is 0 Å². The predicted molar refractivity (Wildman–Crippen MR) is 48.0 cm³/mol. The molecule has 0 radical (unpaired) electrons. The van der Waals surface area contributed by atoms with Gasteiger partial charge in [0, 0.05) is 26.4 Å². The van der Waals surface area contributed by atoms with E-state index in [0.29, 0.717) is 13.0 Å². The fourth-order valence-corrected chi connectivity index (χ4v) is 0.972. The topological polar surface area (TPSA) is 59.8 Å². The van der Waals surface area contributed by atoms with Crippen LogP contribution in [0.4, 0.5) is 0 Å². The second kappa shape index (κ2) is 4.59. The number of hydrogen-bond acceptors (Lipinski definition) is 3. The molecule has 0 unspecified atom stereocenters. The van der Waals surface area contributed by atoms with Crippen LogP contribution in [0.5, 0.6) is 0 Å². The van der Waals surface area contributed by atoms with Crippen molar-refractivity contribution < 1.29 is 4.79 Å². The third-order valence-electron chi connectivity index (χ3n) is 1.80. The molecule has 0 spiro atoms. The lowest BCUT2D eigenvalue weighted by Gasteiger charge is -2.02. The molecule has 1 rings (SSSR count). The summed E-state index contributed by atoms with van der Waals surface area (Å²) in [5, 5.41) is 10.4. The highest BCUT2D eigenvalue weighted by Gasteiger charge is 2.00. The maximum Gasteiger partial charge on any atom is 0.219 e. The van der Waals surface area contributed by atoms with E-state index >= 15 is 0 Å². The molecule has 1 heterocycles. The Hall–Kier alpha value is -1.39. The number of aromatic nitrogens is 3. The van der Waals surface area contributed by atoms with E-state index in [1.807, 2.05) is 18.5 Å². The fraction of sp³-hybridized carbons (Fsp3) is 0.625. The van der Waals surface area contributed by atoms with Crippen LogP contribution < -0.4 is 5.32 Å². The van der Waals surface area contributed by atoms with Gasteiger partial charge in [0.05, 0.1) is 0 Å². The van der Waals surface area contributed by atoms with Crippen LogP contribution in [0.1, 0.15) is 19.2 Å². The maximum atomic E-state index is 10.9. The van der Waals surface area contributed by atoms with Crippen LogP contribution in [0.3, 0.4) is 0 Å². The van der Waals surface area contributed by atoms with Crippen molar-refractivity contribution in [3.63, 3.8) is 0 Å². The number of hydrogen-bond donors (Lipinski definition) is 1. The SMILES string of the molecule is CCC(=O)NCCc1nncn1C. The quantitative estimate of drug-likeness (QED) is 0.706. The van der Waals surface area contributed by atoms with Crippen molar-refractivity contribution in [2.45, 2.75) is 19.8 Å². The Bertz CT molecular complexity index is 281. The molecule has 0 aliphatic heterocycles. The first-order valence-corrected chi connectivity index (χ1v) is 4.33. The van der Waals surface area contributed by atoms with Crippen molar-refractivity contribution in [2.75, 3.05) is 6.54 Å². The molecule has 1 N–H and O–H groups in total. The van der Waals surface area contributed by atoms with Crippen molar-refractivity contribution in [1.82, 2.24) is 20.1 Å². The molecular weight excluding hydrogens is 168 g/mol. The van der Waals surface area contributed by atoms with E-state index in [-0.39, 0.29) is 5.91 Å². The van der Waals surface area contributed by atoms with Gasteiger partial charge in [-0.15, -0.1) is 10.2 Å². The first-order valence-electron chi connectivity index (χ1n) is 4.33. The normalized spacial score (nSPS) is 10.0. The minimum absolute atomic E-state index is 0.0715. The molecular formula is C8H14N4O. The lowest BCUT2D eigenvalue weighted by molar-refractivity contribution is -0.120. The molecule has 1 amide bonds. The highest BCUT2D eigenvalue weighted by atomic mass is 16.1. The molecule has 0 saturated heterocycles. The van der Waals surface area contributed by atoms with Crippen LogP contribution in [0.2, 0.25) is 0 Å². The Kier molecular flexibility index (Phi) is 3.42. The minimum atomic E-state index is 0.0715. The molecule has 0 bridgehead atoms. The minimum Gasteiger partial charge on any atom is -0.356 e. The average molecular weight is 182 g/mol. The van der Waals surface area contributed by atoms with Crippen molar-refractivity contribution in [3.8, 4) is 0 Å². The van der Waals surface area contributed by atoms with E-state index in [1.54, 1.807) is 6.33 Å². The number of amides is 1. The molecule has 5 heteroatoms. The summed E-state index contributed by atoms with van der Waals surface area (Å²) in [5.74, 6) is 0.957. The number of carbonyl (C=O) groups excluding carboxylic acids is 1. The van der Waals surface area contributed by atoms with Crippen molar-refractivity contribution >= 4 is 5.91 Å². The third kappa shape index (κ3) is 2.85. The van der Waals surface area contributed by atoms with E-state index in [2.05, 4.69) is 15.5 Å². The summed E-state index contributed by atoms with van der Waals surface area (Å²) in [7, 11) is 1.89. The first kappa shape index (κ1) is 9.70. The molecule has 5 nitrogen and oxygen atoms in total. The summed E-state index contributed by atoms with van der Waals surface area (Å²) in [5.41, 5.74) is 0. The highest BCUT2D eigenvalue weighted by molar-refractivity contribution is 5.75. The molecule has 0 saturated carbocycles. The molecule has 1 aromatic rings. The van der Waals surface area contributed by atoms with Crippen LogP contribution in [0.25, 0.3) is 0 Å². The van der Waals surface area contributed by atoms with E-state index in [1.165, 1.54) is 0 Å². The number of nitrogens with zero attached hydrogens (tertiary/aromatic N) is 3. The van der Waals surface area contributed by atoms with E-state index in [0.717, 1.165) is 12.2 Å². The zero-order valence-corrected chi connectivity index (χ0v) is 7.95. The van der Waals surface area contributed by atoms with Gasteiger partial charge >= 0.3 is 0 Å². The molecule has 72 valence electrons. The Labute approximate surface area is 77.2 Å². The summed E-state index contributed by atoms with van der Waals surface area (Å²) in [6, 6.07) is 0. The highest BCUT2D eigenvalue weighted by Crippen LogP contribution is 1.91. The van der Waals surface area contributed by atoms with Gasteiger partial charge in [-0.25, -0.2) is 0 Å². The lowest BCUT2D eigenvalue weighted by atomic mass is 10.3. The van der Waals surface area contributed by atoms with Crippen molar-refractivity contribution in [1.29, 1.82) is 0 Å². The maximum absolute atomic E-state index is 10.9. The zero-order valence-electron chi connectivity index (χ0n) is 7.95. The molecule has 0 atom stereocenters. The molecule has 0 aromatic carbocycles. The summed E-state index contributed by atoms with van der Waals surface area (Å²) >= 11 is 0. The molecule has 0 aliphatic carbocycles. The van der Waals surface area contributed by atoms with Gasteiger partial charge in [-0.05, 0) is 0 Å². The van der Waals surface area contributed by atoms with E-state index in [9.17, 15) is 4.79 Å². The standard InChI is InChI=1S/C8H14N4O/c1-3-8(13)9-5-4-7-11-10-6-12(7)2/h6H,3-5H2,1-2H3,(H,9,13). The van der Waals surface area contributed by atoms with Gasteiger partial charge in [0.2, 0.25) is 5.91 Å². The van der Waals surface area contributed by atoms with Gasteiger partial charge in [0.15, 0.2) is 0 Å². The molecule has 0 fully saturated rings. The molecule has 13 heavy (non-hydrogen) atoms. The Morgan fingerprint density at radius 2 is 2.46 bits per heavy atom. The smallest absolute Gasteiger partial charge is 0.219 e. The third-order valence-corrected chi connectivity index (χ3v) is 1.80. The monoisotopic (exact) mass is 182 g/mol. The summed E-state index contributed by atoms with van der Waals surface area (Å²) in [6.45, 7) is 2.46. The van der Waals surface area contributed by atoms with Gasteiger partial charge < -0.3 is 9.88 Å². The zero-order chi connectivity index (χ0) is 9.68. The Balaban J connectivity index is 2.28. The Morgan fingerprint density at radius 1 is 1.69 bits per heavy atom. The van der Waals surface area contributed by atoms with Crippen LogP contribution in [0, 0.1) is 0 Å². The van der Waals surface area contributed by atoms with Crippen LogP contribution in [-0.4, -0.2) is 27.2 Å². The van der Waals surface area contributed by atoms with Gasteiger partial charge in [-0.3, -0.25) is 4.79 Å². The average Bonchev–Trinajstić information content (AvgIpc) is 2.52. The Morgan fingerprint density at radius 3 is 3.00 bits per heavy atom. The summed E-state index contributed by atoms with van der Waals surface area (Å²) in [4.78, 5) is 10.9. The lowest BCUT2D eigenvalue weighted by Crippen LogP contribution is -2.25. The van der Waals surface area contributed by atoms with Crippen LogP contribution in [-0.2, 0) is 18.3 Å².